The SMILES string of the molecule is NC1CCC(C(=O)N2CCCCCC2C(=O)O)CC1. The van der Waals surface area contributed by atoms with Gasteiger partial charge in [-0.05, 0) is 38.5 Å². The number of hydrogen-bond donors (Lipinski definition) is 2. The lowest BCUT2D eigenvalue weighted by molar-refractivity contribution is -0.152. The molecule has 0 radical (unpaired) electrons. The molecule has 108 valence electrons. The number of amides is 1. The van der Waals surface area contributed by atoms with E-state index in [1.165, 1.54) is 0 Å². The van der Waals surface area contributed by atoms with Gasteiger partial charge < -0.3 is 15.7 Å². The molecule has 2 rings (SSSR count). The fourth-order valence-corrected chi connectivity index (χ4v) is 3.23. The molecule has 1 amide bonds. The van der Waals surface area contributed by atoms with Crippen molar-refractivity contribution in [2.24, 2.45) is 11.7 Å². The van der Waals surface area contributed by atoms with Crippen LogP contribution in [0, 0.1) is 5.92 Å². The number of carboxylic acid groups (broad SMARTS) is 1. The summed E-state index contributed by atoms with van der Waals surface area (Å²) in [5.41, 5.74) is 5.86. The number of nitrogens with two attached hydrogens (primary N) is 1. The second-order valence-corrected chi connectivity index (χ2v) is 5.85. The highest BCUT2D eigenvalue weighted by molar-refractivity contribution is 5.85. The standard InChI is InChI=1S/C14H24N2O3/c15-11-7-5-10(6-8-11)13(17)16-9-3-1-2-4-12(16)14(18)19/h10-12H,1-9,15H2,(H,18,19). The molecule has 0 spiro atoms. The molecular weight excluding hydrogens is 244 g/mol. The Balaban J connectivity index is 2.03. The molecule has 1 aliphatic heterocycles. The monoisotopic (exact) mass is 268 g/mol. The zero-order valence-corrected chi connectivity index (χ0v) is 11.4. The zero-order chi connectivity index (χ0) is 13.8. The van der Waals surface area contributed by atoms with Crippen molar-refractivity contribution in [1.82, 2.24) is 4.90 Å². The van der Waals surface area contributed by atoms with Gasteiger partial charge in [0.15, 0.2) is 0 Å². The molecule has 2 aliphatic rings. The van der Waals surface area contributed by atoms with Crippen LogP contribution in [-0.4, -0.2) is 40.5 Å². The van der Waals surface area contributed by atoms with Crippen molar-refractivity contribution in [3.63, 3.8) is 0 Å². The Morgan fingerprint density at radius 3 is 2.32 bits per heavy atom. The summed E-state index contributed by atoms with van der Waals surface area (Å²) in [5, 5.41) is 9.31. The second kappa shape index (κ2) is 6.37. The molecule has 0 aromatic rings. The van der Waals surface area contributed by atoms with E-state index in [4.69, 9.17) is 5.73 Å². The minimum absolute atomic E-state index is 0.0141. The van der Waals surface area contributed by atoms with E-state index in [0.29, 0.717) is 13.0 Å². The van der Waals surface area contributed by atoms with Crippen LogP contribution in [0.2, 0.25) is 0 Å². The number of hydrogen-bond acceptors (Lipinski definition) is 3. The van der Waals surface area contributed by atoms with Crippen LogP contribution >= 0.6 is 0 Å². The molecule has 2 fully saturated rings. The average Bonchev–Trinajstić information content (AvgIpc) is 2.64. The van der Waals surface area contributed by atoms with Gasteiger partial charge in [-0.15, -0.1) is 0 Å². The van der Waals surface area contributed by atoms with Gasteiger partial charge in [-0.1, -0.05) is 12.8 Å². The van der Waals surface area contributed by atoms with Gasteiger partial charge in [0.1, 0.15) is 6.04 Å². The molecule has 0 bridgehead atoms. The van der Waals surface area contributed by atoms with E-state index in [-0.39, 0.29) is 17.9 Å². The van der Waals surface area contributed by atoms with Gasteiger partial charge in [-0.3, -0.25) is 4.79 Å². The van der Waals surface area contributed by atoms with Gasteiger partial charge in [0.2, 0.25) is 5.91 Å². The number of nitrogens with zero attached hydrogens (tertiary/aromatic N) is 1. The fraction of sp³-hybridized carbons (Fsp3) is 0.857. The molecule has 1 aliphatic carbocycles. The van der Waals surface area contributed by atoms with Crippen molar-refractivity contribution in [2.45, 2.75) is 63.5 Å². The Kier molecular flexibility index (Phi) is 4.80. The molecule has 1 atom stereocenters. The van der Waals surface area contributed by atoms with Crippen LogP contribution in [0.5, 0.6) is 0 Å². The lowest BCUT2D eigenvalue weighted by Crippen LogP contribution is -2.48. The molecule has 1 saturated carbocycles. The smallest absolute Gasteiger partial charge is 0.326 e. The number of carboxylic acids is 1. The van der Waals surface area contributed by atoms with Crippen LogP contribution in [0.4, 0.5) is 0 Å². The minimum atomic E-state index is -0.859. The van der Waals surface area contributed by atoms with E-state index >= 15 is 0 Å². The predicted octanol–water partition coefficient (Wildman–Crippen LogP) is 1.36. The van der Waals surface area contributed by atoms with E-state index < -0.39 is 12.0 Å². The van der Waals surface area contributed by atoms with Gasteiger partial charge >= 0.3 is 5.97 Å². The van der Waals surface area contributed by atoms with Crippen LogP contribution in [0.25, 0.3) is 0 Å². The number of carbonyl (C=O) groups excluding carboxylic acids is 1. The van der Waals surface area contributed by atoms with Gasteiger partial charge in [-0.2, -0.15) is 0 Å². The van der Waals surface area contributed by atoms with Crippen molar-refractivity contribution in [1.29, 1.82) is 0 Å². The summed E-state index contributed by atoms with van der Waals surface area (Å²) in [5.74, 6) is -0.830. The maximum atomic E-state index is 12.5. The topological polar surface area (TPSA) is 83.6 Å². The number of carbonyl (C=O) groups is 2. The van der Waals surface area contributed by atoms with Gasteiger partial charge in [0.05, 0.1) is 0 Å². The average molecular weight is 268 g/mol. The first-order valence-corrected chi connectivity index (χ1v) is 7.38. The first-order valence-electron chi connectivity index (χ1n) is 7.38. The number of aliphatic carboxylic acids is 1. The second-order valence-electron chi connectivity index (χ2n) is 5.85. The first-order chi connectivity index (χ1) is 9.09. The lowest BCUT2D eigenvalue weighted by Gasteiger charge is -2.33. The minimum Gasteiger partial charge on any atom is -0.480 e. The third-order valence-electron chi connectivity index (χ3n) is 4.44. The van der Waals surface area contributed by atoms with Crippen molar-refractivity contribution in [2.75, 3.05) is 6.54 Å². The molecule has 1 unspecified atom stereocenters. The Morgan fingerprint density at radius 1 is 1.00 bits per heavy atom. The molecule has 1 saturated heterocycles. The first kappa shape index (κ1) is 14.3. The largest absolute Gasteiger partial charge is 0.480 e. The van der Waals surface area contributed by atoms with Gasteiger partial charge in [0, 0.05) is 18.5 Å². The van der Waals surface area contributed by atoms with E-state index in [9.17, 15) is 14.7 Å². The normalized spacial score (nSPS) is 32.7. The van der Waals surface area contributed by atoms with Crippen LogP contribution < -0.4 is 5.73 Å². The van der Waals surface area contributed by atoms with E-state index in [2.05, 4.69) is 0 Å². The number of likely N-dealkylation sites (tertiary alicyclic amines) is 1. The Bertz CT molecular complexity index is 338. The molecule has 1 heterocycles. The van der Waals surface area contributed by atoms with E-state index in [1.807, 2.05) is 0 Å². The molecule has 0 aromatic heterocycles. The summed E-state index contributed by atoms with van der Waals surface area (Å²) in [4.78, 5) is 25.5. The van der Waals surface area contributed by atoms with Crippen LogP contribution in [-0.2, 0) is 9.59 Å². The van der Waals surface area contributed by atoms with Crippen molar-refractivity contribution < 1.29 is 14.7 Å². The molecule has 5 heteroatoms. The molecule has 5 nitrogen and oxygen atoms in total. The third kappa shape index (κ3) is 3.47. The summed E-state index contributed by atoms with van der Waals surface area (Å²) in [6.45, 7) is 0.596. The highest BCUT2D eigenvalue weighted by atomic mass is 16.4. The Hall–Kier alpha value is -1.10. The molecule has 0 aromatic carbocycles. The van der Waals surface area contributed by atoms with E-state index in [0.717, 1.165) is 44.9 Å². The van der Waals surface area contributed by atoms with Crippen LogP contribution in [0.15, 0.2) is 0 Å². The maximum Gasteiger partial charge on any atom is 0.326 e. The fourth-order valence-electron chi connectivity index (χ4n) is 3.23. The van der Waals surface area contributed by atoms with Crippen LogP contribution in [0.1, 0.15) is 51.4 Å². The third-order valence-corrected chi connectivity index (χ3v) is 4.44. The lowest BCUT2D eigenvalue weighted by atomic mass is 9.85. The summed E-state index contributed by atoms with van der Waals surface area (Å²) in [7, 11) is 0. The van der Waals surface area contributed by atoms with Gasteiger partial charge in [0.25, 0.3) is 0 Å². The molecular formula is C14H24N2O3. The summed E-state index contributed by atoms with van der Waals surface area (Å²) in [6, 6.07) is -0.408. The van der Waals surface area contributed by atoms with Crippen molar-refractivity contribution >= 4 is 11.9 Å². The van der Waals surface area contributed by atoms with Crippen molar-refractivity contribution in [3.05, 3.63) is 0 Å². The quantitative estimate of drug-likeness (QED) is 0.792. The molecule has 19 heavy (non-hydrogen) atoms. The Morgan fingerprint density at radius 2 is 1.68 bits per heavy atom. The highest BCUT2D eigenvalue weighted by Crippen LogP contribution is 2.27. The number of rotatable bonds is 2. The summed E-state index contributed by atoms with van der Waals surface area (Å²) >= 11 is 0. The van der Waals surface area contributed by atoms with Crippen LogP contribution in [0.3, 0.4) is 0 Å². The summed E-state index contributed by atoms with van der Waals surface area (Å²) in [6.07, 6.45) is 6.80. The van der Waals surface area contributed by atoms with Crippen molar-refractivity contribution in [3.8, 4) is 0 Å². The zero-order valence-electron chi connectivity index (χ0n) is 11.4. The molecule has 3 N–H and O–H groups in total. The highest BCUT2D eigenvalue weighted by Gasteiger charge is 2.35. The van der Waals surface area contributed by atoms with Gasteiger partial charge in [-0.25, -0.2) is 4.79 Å². The van der Waals surface area contributed by atoms with E-state index in [1.54, 1.807) is 4.90 Å². The Labute approximate surface area is 114 Å². The summed E-state index contributed by atoms with van der Waals surface area (Å²) < 4.78 is 0. The maximum absolute atomic E-state index is 12.5. The predicted molar refractivity (Wildman–Crippen MR) is 71.5 cm³/mol.